The topological polar surface area (TPSA) is 71.5 Å². The van der Waals surface area contributed by atoms with Gasteiger partial charge in [0.2, 0.25) is 5.91 Å². The highest BCUT2D eigenvalue weighted by molar-refractivity contribution is 7.13. The highest BCUT2D eigenvalue weighted by Gasteiger charge is 2.30. The molecule has 1 aliphatic carbocycles. The van der Waals surface area contributed by atoms with Gasteiger partial charge in [0.15, 0.2) is 17.4 Å². The molecule has 5 rings (SSSR count). The van der Waals surface area contributed by atoms with Crippen molar-refractivity contribution in [2.24, 2.45) is 5.92 Å². The van der Waals surface area contributed by atoms with E-state index in [2.05, 4.69) is 9.88 Å². The Labute approximate surface area is 214 Å². The molecule has 7 nitrogen and oxygen atoms in total. The SMILES string of the molecule is CC.CC(=O)N1CCc2nc(N3CCC(OC4=CC(C)[C@@H](F)C=C4F)CC3)c(-c3nccs3)nc2C1. The van der Waals surface area contributed by atoms with E-state index < -0.39 is 17.9 Å². The fourth-order valence-corrected chi connectivity index (χ4v) is 5.16. The maximum Gasteiger partial charge on any atom is 0.219 e. The lowest BCUT2D eigenvalue weighted by Gasteiger charge is -2.35. The van der Waals surface area contributed by atoms with Gasteiger partial charge in [-0.05, 0) is 12.2 Å². The van der Waals surface area contributed by atoms with Crippen molar-refractivity contribution in [3.05, 3.63) is 46.7 Å². The van der Waals surface area contributed by atoms with Gasteiger partial charge in [-0.1, -0.05) is 20.8 Å². The quantitative estimate of drug-likeness (QED) is 0.552. The molecule has 0 spiro atoms. The molecule has 3 aliphatic rings. The number of carbonyl (C=O) groups excluding carboxylic acids is 1. The van der Waals surface area contributed by atoms with E-state index in [1.165, 1.54) is 17.4 Å². The number of carbonyl (C=O) groups is 1. The number of rotatable bonds is 4. The number of alkyl halides is 1. The Morgan fingerprint density at radius 3 is 2.56 bits per heavy atom. The molecule has 0 saturated carbocycles. The summed E-state index contributed by atoms with van der Waals surface area (Å²) in [5.41, 5.74) is 2.46. The summed E-state index contributed by atoms with van der Waals surface area (Å²) in [4.78, 5) is 30.2. The Balaban J connectivity index is 0.00000148. The van der Waals surface area contributed by atoms with Crippen LogP contribution in [0.15, 0.2) is 35.3 Å². The van der Waals surface area contributed by atoms with E-state index in [-0.39, 0.29) is 17.8 Å². The van der Waals surface area contributed by atoms with Crippen molar-refractivity contribution in [3.8, 4) is 10.7 Å². The van der Waals surface area contributed by atoms with E-state index in [9.17, 15) is 13.6 Å². The van der Waals surface area contributed by atoms with Gasteiger partial charge < -0.3 is 14.5 Å². The van der Waals surface area contributed by atoms with Crippen LogP contribution in [0.5, 0.6) is 0 Å². The van der Waals surface area contributed by atoms with Crippen molar-refractivity contribution >= 4 is 23.1 Å². The molecule has 0 radical (unpaired) electrons. The molecule has 194 valence electrons. The van der Waals surface area contributed by atoms with Crippen LogP contribution in [0.4, 0.5) is 14.6 Å². The average molecular weight is 518 g/mol. The number of nitrogens with zero attached hydrogens (tertiary/aromatic N) is 5. The number of halogens is 2. The van der Waals surface area contributed by atoms with Crippen LogP contribution >= 0.6 is 11.3 Å². The van der Waals surface area contributed by atoms with E-state index >= 15 is 0 Å². The van der Waals surface area contributed by atoms with Crippen LogP contribution in [0.3, 0.4) is 0 Å². The maximum absolute atomic E-state index is 14.2. The molecule has 0 bridgehead atoms. The van der Waals surface area contributed by atoms with Gasteiger partial charge in [-0.2, -0.15) is 0 Å². The van der Waals surface area contributed by atoms with E-state index in [4.69, 9.17) is 14.7 Å². The Bertz CT molecular complexity index is 1130. The van der Waals surface area contributed by atoms with E-state index in [0.29, 0.717) is 45.4 Å². The number of hydrogen-bond acceptors (Lipinski definition) is 7. The van der Waals surface area contributed by atoms with Crippen LogP contribution in [0.1, 0.15) is 51.9 Å². The third-order valence-electron chi connectivity index (χ3n) is 6.56. The molecule has 1 unspecified atom stereocenters. The predicted molar refractivity (Wildman–Crippen MR) is 137 cm³/mol. The molecule has 10 heteroatoms. The lowest BCUT2D eigenvalue weighted by molar-refractivity contribution is -0.129. The summed E-state index contributed by atoms with van der Waals surface area (Å²) >= 11 is 1.50. The molecule has 2 aromatic rings. The molecule has 1 saturated heterocycles. The molecule has 4 heterocycles. The standard InChI is InChI=1S/C24H27F2N5O2S.C2H6/c1-14-11-21(18(26)12-17(14)25)33-16-3-7-30(8-4-16)23-22(24-27-6-10-34-24)28-20-13-31(15(2)32)9-5-19(20)29-23;1-2/h6,10-12,14,16-17H,3-5,7-9,13H2,1-2H3;1-2H3/t14?,17-;/m0./s1. The number of fused-ring (bicyclic) bond motifs is 1. The van der Waals surface area contributed by atoms with Gasteiger partial charge in [-0.15, -0.1) is 11.3 Å². The molecular weight excluding hydrogens is 484 g/mol. The third-order valence-corrected chi connectivity index (χ3v) is 7.34. The molecule has 2 aromatic heterocycles. The number of aromatic nitrogens is 3. The summed E-state index contributed by atoms with van der Waals surface area (Å²) in [5.74, 6) is -0.0585. The number of anilines is 1. The van der Waals surface area contributed by atoms with Gasteiger partial charge in [-0.3, -0.25) is 4.79 Å². The van der Waals surface area contributed by atoms with Crippen molar-refractivity contribution < 1.29 is 18.3 Å². The smallest absolute Gasteiger partial charge is 0.219 e. The van der Waals surface area contributed by atoms with Gasteiger partial charge in [0, 0.05) is 63.3 Å². The third kappa shape index (κ3) is 5.58. The molecular formula is C26H33F2N5O2S. The van der Waals surface area contributed by atoms with Crippen LogP contribution in [0.2, 0.25) is 0 Å². The monoisotopic (exact) mass is 517 g/mol. The van der Waals surface area contributed by atoms with E-state index in [1.807, 2.05) is 19.2 Å². The zero-order valence-corrected chi connectivity index (χ0v) is 22.0. The molecule has 0 aromatic carbocycles. The van der Waals surface area contributed by atoms with Gasteiger partial charge in [-0.25, -0.2) is 23.7 Å². The second kappa shape index (κ2) is 11.5. The van der Waals surface area contributed by atoms with Crippen molar-refractivity contribution in [2.45, 2.75) is 65.8 Å². The number of piperidine rings is 1. The molecule has 1 amide bonds. The van der Waals surface area contributed by atoms with Gasteiger partial charge in [0.25, 0.3) is 0 Å². The van der Waals surface area contributed by atoms with Gasteiger partial charge in [0.1, 0.15) is 23.0 Å². The Hall–Kier alpha value is -2.88. The number of allylic oxidation sites excluding steroid dienone is 3. The van der Waals surface area contributed by atoms with E-state index in [1.54, 1.807) is 24.9 Å². The first-order chi connectivity index (χ1) is 17.4. The first kappa shape index (κ1) is 26.2. The highest BCUT2D eigenvalue weighted by Crippen LogP contribution is 2.35. The van der Waals surface area contributed by atoms with Crippen molar-refractivity contribution in [2.75, 3.05) is 24.5 Å². The zero-order chi connectivity index (χ0) is 25.8. The van der Waals surface area contributed by atoms with Crippen LogP contribution in [-0.4, -0.2) is 57.7 Å². The number of hydrogen-bond donors (Lipinski definition) is 0. The normalized spacial score (nSPS) is 22.2. The van der Waals surface area contributed by atoms with E-state index in [0.717, 1.165) is 34.0 Å². The Morgan fingerprint density at radius 2 is 1.89 bits per heavy atom. The van der Waals surface area contributed by atoms with Crippen molar-refractivity contribution in [1.29, 1.82) is 0 Å². The Kier molecular flexibility index (Phi) is 8.33. The Morgan fingerprint density at radius 1 is 1.14 bits per heavy atom. The summed E-state index contributed by atoms with van der Waals surface area (Å²) in [6, 6.07) is 0. The van der Waals surface area contributed by atoms with Crippen LogP contribution in [0, 0.1) is 5.92 Å². The second-order valence-electron chi connectivity index (χ2n) is 8.97. The van der Waals surface area contributed by atoms with Gasteiger partial charge in [0.05, 0.1) is 17.9 Å². The van der Waals surface area contributed by atoms with Gasteiger partial charge >= 0.3 is 0 Å². The molecule has 1 fully saturated rings. The summed E-state index contributed by atoms with van der Waals surface area (Å²) in [6.45, 7) is 9.73. The first-order valence-electron chi connectivity index (χ1n) is 12.6. The largest absolute Gasteiger partial charge is 0.488 e. The van der Waals surface area contributed by atoms with Crippen molar-refractivity contribution in [1.82, 2.24) is 19.9 Å². The fourth-order valence-electron chi connectivity index (χ4n) is 4.54. The minimum atomic E-state index is -1.32. The lowest BCUT2D eigenvalue weighted by Crippen LogP contribution is -2.39. The maximum atomic E-state index is 14.2. The van der Waals surface area contributed by atoms with Crippen LogP contribution < -0.4 is 4.90 Å². The summed E-state index contributed by atoms with van der Waals surface area (Å²) in [7, 11) is 0. The fraction of sp³-hybridized carbons (Fsp3) is 0.538. The average Bonchev–Trinajstić information content (AvgIpc) is 3.43. The molecule has 36 heavy (non-hydrogen) atoms. The first-order valence-corrected chi connectivity index (χ1v) is 13.5. The highest BCUT2D eigenvalue weighted by atomic mass is 32.1. The second-order valence-corrected chi connectivity index (χ2v) is 9.86. The summed E-state index contributed by atoms with van der Waals surface area (Å²) in [6.07, 6.45) is 4.85. The molecule has 2 atom stereocenters. The van der Waals surface area contributed by atoms with Crippen LogP contribution in [0.25, 0.3) is 10.7 Å². The summed E-state index contributed by atoms with van der Waals surface area (Å²) in [5, 5.41) is 2.70. The van der Waals surface area contributed by atoms with Crippen molar-refractivity contribution in [3.63, 3.8) is 0 Å². The zero-order valence-electron chi connectivity index (χ0n) is 21.2. The molecule has 2 aliphatic heterocycles. The number of thiazole rings is 1. The summed E-state index contributed by atoms with van der Waals surface area (Å²) < 4.78 is 33.8. The lowest BCUT2D eigenvalue weighted by atomic mass is 9.99. The number of ether oxygens (including phenoxy) is 1. The predicted octanol–water partition coefficient (Wildman–Crippen LogP) is 5.24. The molecule has 0 N–H and O–H groups in total. The van der Waals surface area contributed by atoms with Crippen LogP contribution in [-0.2, 0) is 22.5 Å². The minimum absolute atomic E-state index is 0.0326. The number of amides is 1. The minimum Gasteiger partial charge on any atom is -0.488 e.